The zero-order valence-electron chi connectivity index (χ0n) is 12.6. The van der Waals surface area contributed by atoms with E-state index < -0.39 is 5.92 Å². The number of amides is 1. The fraction of sp³-hybridized carbons (Fsp3) is 0.0526. The van der Waals surface area contributed by atoms with E-state index in [-0.39, 0.29) is 17.5 Å². The predicted octanol–water partition coefficient (Wildman–Crippen LogP) is 3.66. The maximum absolute atomic E-state index is 12.9. The predicted molar refractivity (Wildman–Crippen MR) is 89.3 cm³/mol. The van der Waals surface area contributed by atoms with Crippen LogP contribution in [-0.2, 0) is 4.79 Å². The quantitative estimate of drug-likeness (QED) is 0.756. The lowest BCUT2D eigenvalue weighted by atomic mass is 9.87. The fourth-order valence-electron chi connectivity index (χ4n) is 2.87. The summed E-state index contributed by atoms with van der Waals surface area (Å²) in [5, 5.41) is 12.6. The van der Waals surface area contributed by atoms with Crippen molar-refractivity contribution in [3.8, 4) is 17.2 Å². The third kappa shape index (κ3) is 2.36. The van der Waals surface area contributed by atoms with Crippen LogP contribution in [0.1, 0.15) is 17.0 Å². The minimum atomic E-state index is -0.535. The third-order valence-electron chi connectivity index (χ3n) is 3.97. The average Bonchev–Trinajstić information content (AvgIpc) is 2.61. The van der Waals surface area contributed by atoms with Crippen LogP contribution in [0.5, 0.6) is 17.2 Å². The molecule has 0 aliphatic carbocycles. The standard InChI is InChI=1S/C19H14N2O3/c22-14-8-5-11-20-18(14)21-19(23)17-12-6-1-3-9-15(12)24-16-10-4-2-7-13(16)17/h1-11,17,22H,(H,20,21,23). The number of para-hydroxylation sites is 2. The van der Waals surface area contributed by atoms with Crippen LogP contribution >= 0.6 is 0 Å². The number of rotatable bonds is 2. The van der Waals surface area contributed by atoms with Crippen LogP contribution in [-0.4, -0.2) is 16.0 Å². The van der Waals surface area contributed by atoms with E-state index in [4.69, 9.17) is 4.74 Å². The van der Waals surface area contributed by atoms with Crippen LogP contribution in [0.25, 0.3) is 0 Å². The van der Waals surface area contributed by atoms with Crippen LogP contribution in [0.3, 0.4) is 0 Å². The van der Waals surface area contributed by atoms with Gasteiger partial charge in [0.1, 0.15) is 11.5 Å². The smallest absolute Gasteiger partial charge is 0.237 e. The van der Waals surface area contributed by atoms with Crippen molar-refractivity contribution in [2.45, 2.75) is 5.92 Å². The molecule has 5 nitrogen and oxygen atoms in total. The highest BCUT2D eigenvalue weighted by Crippen LogP contribution is 2.44. The van der Waals surface area contributed by atoms with Gasteiger partial charge in [-0.15, -0.1) is 0 Å². The zero-order chi connectivity index (χ0) is 16.5. The van der Waals surface area contributed by atoms with Gasteiger partial charge in [-0.25, -0.2) is 4.98 Å². The second kappa shape index (κ2) is 5.70. The van der Waals surface area contributed by atoms with Gasteiger partial charge in [0, 0.05) is 17.3 Å². The lowest BCUT2D eigenvalue weighted by molar-refractivity contribution is -0.116. The first-order valence-corrected chi connectivity index (χ1v) is 7.54. The molecule has 2 heterocycles. The van der Waals surface area contributed by atoms with Crippen molar-refractivity contribution >= 4 is 11.7 Å². The van der Waals surface area contributed by atoms with Gasteiger partial charge in [-0.3, -0.25) is 4.79 Å². The molecule has 1 aliphatic heterocycles. The molecule has 2 aromatic carbocycles. The molecule has 0 atom stereocenters. The fourth-order valence-corrected chi connectivity index (χ4v) is 2.87. The largest absolute Gasteiger partial charge is 0.504 e. The SMILES string of the molecule is O=C(Nc1ncccc1O)C1c2ccccc2Oc2ccccc21. The molecule has 0 saturated heterocycles. The molecule has 2 N–H and O–H groups in total. The van der Waals surface area contributed by atoms with Crippen molar-refractivity contribution < 1.29 is 14.6 Å². The van der Waals surface area contributed by atoms with Crippen molar-refractivity contribution in [1.29, 1.82) is 0 Å². The Bertz CT molecular complexity index is 878. The van der Waals surface area contributed by atoms with Crippen LogP contribution in [0.2, 0.25) is 0 Å². The second-order valence-corrected chi connectivity index (χ2v) is 5.47. The van der Waals surface area contributed by atoms with E-state index in [0.717, 1.165) is 11.1 Å². The van der Waals surface area contributed by atoms with E-state index in [2.05, 4.69) is 10.3 Å². The number of pyridine rings is 1. The van der Waals surface area contributed by atoms with Crippen molar-refractivity contribution in [3.05, 3.63) is 78.0 Å². The molecule has 0 unspecified atom stereocenters. The van der Waals surface area contributed by atoms with Gasteiger partial charge in [0.15, 0.2) is 11.6 Å². The minimum Gasteiger partial charge on any atom is -0.504 e. The van der Waals surface area contributed by atoms with Gasteiger partial charge in [0.05, 0.1) is 5.92 Å². The summed E-state index contributed by atoms with van der Waals surface area (Å²) in [6.45, 7) is 0. The molecular formula is C19H14N2O3. The Labute approximate surface area is 138 Å². The molecule has 0 saturated carbocycles. The minimum absolute atomic E-state index is 0.0699. The third-order valence-corrected chi connectivity index (χ3v) is 3.97. The highest BCUT2D eigenvalue weighted by Gasteiger charge is 2.32. The summed E-state index contributed by atoms with van der Waals surface area (Å²) in [5.74, 6) is 0.575. The number of anilines is 1. The summed E-state index contributed by atoms with van der Waals surface area (Å²) in [6.07, 6.45) is 1.52. The first-order valence-electron chi connectivity index (χ1n) is 7.54. The van der Waals surface area contributed by atoms with Gasteiger partial charge in [-0.2, -0.15) is 0 Å². The molecule has 1 amide bonds. The molecule has 0 bridgehead atoms. The van der Waals surface area contributed by atoms with E-state index in [0.29, 0.717) is 11.5 Å². The molecular weight excluding hydrogens is 304 g/mol. The summed E-state index contributed by atoms with van der Waals surface area (Å²) >= 11 is 0. The Kier molecular flexibility index (Phi) is 3.39. The molecule has 1 aliphatic rings. The summed E-state index contributed by atoms with van der Waals surface area (Å²) in [4.78, 5) is 16.9. The topological polar surface area (TPSA) is 71.5 Å². The van der Waals surface area contributed by atoms with Crippen molar-refractivity contribution in [1.82, 2.24) is 4.98 Å². The Morgan fingerprint density at radius 2 is 1.58 bits per heavy atom. The number of benzene rings is 2. The molecule has 118 valence electrons. The molecule has 0 radical (unpaired) electrons. The molecule has 0 fully saturated rings. The van der Waals surface area contributed by atoms with Gasteiger partial charge in [-0.05, 0) is 24.3 Å². The van der Waals surface area contributed by atoms with E-state index in [1.54, 1.807) is 6.07 Å². The number of nitrogens with zero attached hydrogens (tertiary/aromatic N) is 1. The number of ether oxygens (including phenoxy) is 1. The van der Waals surface area contributed by atoms with E-state index in [1.807, 2.05) is 48.5 Å². The first kappa shape index (κ1) is 14.3. The van der Waals surface area contributed by atoms with Gasteiger partial charge >= 0.3 is 0 Å². The number of hydrogen-bond donors (Lipinski definition) is 2. The maximum atomic E-state index is 12.9. The normalized spacial score (nSPS) is 12.7. The summed E-state index contributed by atoms with van der Waals surface area (Å²) < 4.78 is 5.89. The summed E-state index contributed by atoms with van der Waals surface area (Å²) in [7, 11) is 0. The van der Waals surface area contributed by atoms with Crippen molar-refractivity contribution in [2.75, 3.05) is 5.32 Å². The highest BCUT2D eigenvalue weighted by atomic mass is 16.5. The monoisotopic (exact) mass is 318 g/mol. The maximum Gasteiger partial charge on any atom is 0.237 e. The second-order valence-electron chi connectivity index (χ2n) is 5.47. The lowest BCUT2D eigenvalue weighted by Crippen LogP contribution is -2.25. The van der Waals surface area contributed by atoms with Crippen LogP contribution in [0.4, 0.5) is 5.82 Å². The molecule has 5 heteroatoms. The van der Waals surface area contributed by atoms with Gasteiger partial charge in [0.25, 0.3) is 0 Å². The number of carbonyl (C=O) groups excluding carboxylic acids is 1. The number of aromatic hydroxyl groups is 1. The number of aromatic nitrogens is 1. The molecule has 24 heavy (non-hydrogen) atoms. The van der Waals surface area contributed by atoms with Crippen molar-refractivity contribution in [3.63, 3.8) is 0 Å². The van der Waals surface area contributed by atoms with Crippen molar-refractivity contribution in [2.24, 2.45) is 0 Å². The number of carbonyl (C=O) groups is 1. The summed E-state index contributed by atoms with van der Waals surface area (Å²) in [6, 6.07) is 18.0. The van der Waals surface area contributed by atoms with Crippen LogP contribution in [0, 0.1) is 0 Å². The van der Waals surface area contributed by atoms with Gasteiger partial charge in [-0.1, -0.05) is 36.4 Å². The van der Waals surface area contributed by atoms with E-state index >= 15 is 0 Å². The Balaban J connectivity index is 1.77. The number of hydrogen-bond acceptors (Lipinski definition) is 4. The Morgan fingerprint density at radius 3 is 2.21 bits per heavy atom. The molecule has 4 rings (SSSR count). The van der Waals surface area contributed by atoms with Gasteiger partial charge in [0.2, 0.25) is 5.91 Å². The lowest BCUT2D eigenvalue weighted by Gasteiger charge is -2.27. The van der Waals surface area contributed by atoms with Gasteiger partial charge < -0.3 is 15.2 Å². The van der Waals surface area contributed by atoms with E-state index in [9.17, 15) is 9.90 Å². The van der Waals surface area contributed by atoms with Crippen LogP contribution < -0.4 is 10.1 Å². The number of fused-ring (bicyclic) bond motifs is 2. The van der Waals surface area contributed by atoms with Crippen LogP contribution in [0.15, 0.2) is 66.9 Å². The zero-order valence-corrected chi connectivity index (χ0v) is 12.6. The Morgan fingerprint density at radius 1 is 0.958 bits per heavy atom. The molecule has 0 spiro atoms. The molecule has 1 aromatic heterocycles. The first-order chi connectivity index (χ1) is 11.7. The Hall–Kier alpha value is -3.34. The average molecular weight is 318 g/mol. The summed E-state index contributed by atoms with van der Waals surface area (Å²) in [5.41, 5.74) is 1.56. The number of nitrogens with one attached hydrogen (secondary N) is 1. The highest BCUT2D eigenvalue weighted by molar-refractivity contribution is 5.99. The van der Waals surface area contributed by atoms with E-state index in [1.165, 1.54) is 12.3 Å². The molecule has 3 aromatic rings.